The van der Waals surface area contributed by atoms with Crippen LogP contribution in [0.15, 0.2) is 34.8 Å². The first-order valence-corrected chi connectivity index (χ1v) is 8.32. The molecule has 0 amide bonds. The third kappa shape index (κ3) is 9.86. The van der Waals surface area contributed by atoms with Crippen LogP contribution in [0.4, 0.5) is 23.0 Å². The average Bonchev–Trinajstić information content (AvgIpc) is 2.49. The summed E-state index contributed by atoms with van der Waals surface area (Å²) >= 11 is 8.73. The Hall–Kier alpha value is -1.66. The van der Waals surface area contributed by atoms with Crippen molar-refractivity contribution in [3.8, 4) is 0 Å². The highest BCUT2D eigenvalue weighted by atomic mass is 79.9. The molecule has 1 heterocycles. The van der Waals surface area contributed by atoms with E-state index in [1.807, 2.05) is 0 Å². The number of benzene rings is 1. The molecule has 128 valence electrons. The summed E-state index contributed by atoms with van der Waals surface area (Å²) in [6.07, 6.45) is 1.31. The van der Waals surface area contributed by atoms with Crippen LogP contribution in [0.2, 0.25) is 5.02 Å². The first-order valence-electron chi connectivity index (χ1n) is 7.15. The lowest BCUT2D eigenvalue weighted by Crippen LogP contribution is -2.01. The summed E-state index contributed by atoms with van der Waals surface area (Å²) < 4.78 is 0.678. The molecule has 1 aromatic carbocycles. The minimum Gasteiger partial charge on any atom is -0.399 e. The van der Waals surface area contributed by atoms with E-state index >= 15 is 0 Å². The zero-order chi connectivity index (χ0) is 18.0. The fourth-order valence-electron chi connectivity index (χ4n) is 1.02. The topological polar surface area (TPSA) is 117 Å². The Bertz CT molecular complexity index is 544. The normalized spacial score (nSPS) is 9.48. The van der Waals surface area contributed by atoms with Crippen molar-refractivity contribution < 1.29 is 0 Å². The van der Waals surface area contributed by atoms with Gasteiger partial charge in [0, 0.05) is 15.2 Å². The van der Waals surface area contributed by atoms with E-state index in [1.54, 1.807) is 30.3 Å². The molecular weight excluding hydrogens is 378 g/mol. The van der Waals surface area contributed by atoms with Crippen LogP contribution in [-0.2, 0) is 0 Å². The molecule has 7 heteroatoms. The van der Waals surface area contributed by atoms with Crippen LogP contribution in [0.3, 0.4) is 0 Å². The Morgan fingerprint density at radius 3 is 1.91 bits per heavy atom. The molecule has 2 aromatic rings. The Labute approximate surface area is 151 Å². The Kier molecular flexibility index (Phi) is 10.2. The summed E-state index contributed by atoms with van der Waals surface area (Å²) in [5.41, 5.74) is 22.7. The minimum atomic E-state index is 0.256. The van der Waals surface area contributed by atoms with Crippen molar-refractivity contribution in [2.45, 2.75) is 27.2 Å². The van der Waals surface area contributed by atoms with Gasteiger partial charge in [0.1, 0.15) is 11.6 Å². The Morgan fingerprint density at radius 1 is 1.09 bits per heavy atom. The van der Waals surface area contributed by atoms with Gasteiger partial charge in [0.15, 0.2) is 0 Å². The number of hydrogen-bond donors (Lipinski definition) is 4. The number of nitrogens with two attached hydrogens (primary N) is 4. The highest BCUT2D eigenvalue weighted by molar-refractivity contribution is 9.10. The number of halogens is 2. The van der Waals surface area contributed by atoms with Gasteiger partial charge in [-0.3, -0.25) is 0 Å². The van der Waals surface area contributed by atoms with Crippen LogP contribution in [0.5, 0.6) is 0 Å². The van der Waals surface area contributed by atoms with Crippen LogP contribution >= 0.6 is 27.5 Å². The lowest BCUT2D eigenvalue weighted by molar-refractivity contribution is 0.626. The summed E-state index contributed by atoms with van der Waals surface area (Å²) in [6, 6.07) is 8.66. The van der Waals surface area contributed by atoms with E-state index in [9.17, 15) is 0 Å². The van der Waals surface area contributed by atoms with Gasteiger partial charge in [0.25, 0.3) is 0 Å². The smallest absolute Gasteiger partial charge is 0.150 e. The van der Waals surface area contributed by atoms with E-state index < -0.39 is 0 Å². The van der Waals surface area contributed by atoms with Gasteiger partial charge in [-0.25, -0.2) is 4.98 Å². The van der Waals surface area contributed by atoms with E-state index in [2.05, 4.69) is 41.7 Å². The van der Waals surface area contributed by atoms with Crippen molar-refractivity contribution >= 4 is 50.5 Å². The SMILES string of the molecule is CCC(C)C.Nc1cc(Br)c(N)c(N)n1.Nc1ccc(Cl)cc1. The Morgan fingerprint density at radius 2 is 1.57 bits per heavy atom. The second kappa shape index (κ2) is 11.0. The maximum atomic E-state index is 5.56. The standard InChI is InChI=1S/C6H6ClN.C5H7BrN4.C5H12/c7-5-1-3-6(8)4-2-5;6-2-1-3(7)10-5(9)4(2)8;1-4-5(2)3/h1-4H,8H2;1H,8H2,(H4,7,9,10);5H,4H2,1-3H3. The maximum Gasteiger partial charge on any atom is 0.150 e. The zero-order valence-corrected chi connectivity index (χ0v) is 16.0. The number of pyridine rings is 1. The fraction of sp³-hybridized carbons (Fsp3) is 0.312. The summed E-state index contributed by atoms with van der Waals surface area (Å²) in [6.45, 7) is 6.64. The molecule has 0 saturated heterocycles. The molecule has 0 aliphatic rings. The van der Waals surface area contributed by atoms with Crippen LogP contribution in [-0.4, -0.2) is 4.98 Å². The zero-order valence-electron chi connectivity index (χ0n) is 13.7. The summed E-state index contributed by atoms with van der Waals surface area (Å²) in [5.74, 6) is 1.50. The lowest BCUT2D eigenvalue weighted by Gasteiger charge is -2.01. The molecule has 0 unspecified atom stereocenters. The van der Waals surface area contributed by atoms with Crippen LogP contribution in [0.25, 0.3) is 0 Å². The van der Waals surface area contributed by atoms with Gasteiger partial charge in [-0.2, -0.15) is 0 Å². The first kappa shape index (κ1) is 21.3. The molecular formula is C16H25BrClN5. The molecule has 0 bridgehead atoms. The van der Waals surface area contributed by atoms with E-state index in [1.165, 1.54) is 6.42 Å². The number of hydrogen-bond acceptors (Lipinski definition) is 5. The van der Waals surface area contributed by atoms with E-state index in [0.717, 1.165) is 16.6 Å². The number of nitrogen functional groups attached to an aromatic ring is 4. The lowest BCUT2D eigenvalue weighted by atomic mass is 10.2. The quantitative estimate of drug-likeness (QED) is 0.521. The maximum absolute atomic E-state index is 5.56. The molecule has 0 atom stereocenters. The second-order valence-electron chi connectivity index (χ2n) is 5.18. The molecule has 0 aliphatic carbocycles. The van der Waals surface area contributed by atoms with Gasteiger partial charge >= 0.3 is 0 Å². The summed E-state index contributed by atoms with van der Waals surface area (Å²) in [5, 5.41) is 0.721. The van der Waals surface area contributed by atoms with E-state index in [-0.39, 0.29) is 5.82 Å². The van der Waals surface area contributed by atoms with Gasteiger partial charge < -0.3 is 22.9 Å². The van der Waals surface area contributed by atoms with Crippen molar-refractivity contribution in [2.75, 3.05) is 22.9 Å². The van der Waals surface area contributed by atoms with Crippen molar-refractivity contribution in [2.24, 2.45) is 5.92 Å². The molecule has 5 nitrogen and oxygen atoms in total. The largest absolute Gasteiger partial charge is 0.399 e. The van der Waals surface area contributed by atoms with Gasteiger partial charge in [-0.15, -0.1) is 0 Å². The van der Waals surface area contributed by atoms with Crippen LogP contribution in [0.1, 0.15) is 27.2 Å². The van der Waals surface area contributed by atoms with Crippen molar-refractivity contribution in [3.63, 3.8) is 0 Å². The van der Waals surface area contributed by atoms with Crippen molar-refractivity contribution in [1.82, 2.24) is 4.98 Å². The van der Waals surface area contributed by atoms with Gasteiger partial charge in [0.2, 0.25) is 0 Å². The molecule has 0 saturated carbocycles. The number of anilines is 4. The van der Waals surface area contributed by atoms with Crippen LogP contribution in [0, 0.1) is 5.92 Å². The molecule has 2 rings (SSSR count). The molecule has 23 heavy (non-hydrogen) atoms. The third-order valence-corrected chi connectivity index (χ3v) is 3.65. The first-order chi connectivity index (χ1) is 10.7. The van der Waals surface area contributed by atoms with Gasteiger partial charge in [-0.1, -0.05) is 38.8 Å². The molecule has 0 spiro atoms. The molecule has 1 aromatic heterocycles. The van der Waals surface area contributed by atoms with Crippen molar-refractivity contribution in [1.29, 1.82) is 0 Å². The van der Waals surface area contributed by atoms with Crippen molar-refractivity contribution in [3.05, 3.63) is 39.8 Å². The number of nitrogens with zero attached hydrogens (tertiary/aromatic N) is 1. The van der Waals surface area contributed by atoms with Crippen LogP contribution < -0.4 is 22.9 Å². The van der Waals surface area contributed by atoms with Gasteiger partial charge in [-0.05, 0) is 52.2 Å². The Balaban J connectivity index is 0.000000335. The fourth-order valence-corrected chi connectivity index (χ4v) is 1.59. The number of aromatic nitrogens is 1. The van der Waals surface area contributed by atoms with Gasteiger partial charge in [0.05, 0.1) is 5.69 Å². The molecule has 8 N–H and O–H groups in total. The average molecular weight is 403 g/mol. The van der Waals surface area contributed by atoms with E-state index in [0.29, 0.717) is 16.0 Å². The highest BCUT2D eigenvalue weighted by Crippen LogP contribution is 2.25. The second-order valence-corrected chi connectivity index (χ2v) is 6.47. The molecule has 0 radical (unpaired) electrons. The van der Waals surface area contributed by atoms with E-state index in [4.69, 9.17) is 34.5 Å². The number of rotatable bonds is 1. The predicted octanol–water partition coefficient (Wildman–Crippen LogP) is 4.57. The summed E-state index contributed by atoms with van der Waals surface area (Å²) in [7, 11) is 0. The summed E-state index contributed by atoms with van der Waals surface area (Å²) in [4.78, 5) is 3.73. The third-order valence-electron chi connectivity index (χ3n) is 2.74. The monoisotopic (exact) mass is 401 g/mol. The highest BCUT2D eigenvalue weighted by Gasteiger charge is 2.01. The predicted molar refractivity (Wildman–Crippen MR) is 106 cm³/mol. The molecule has 0 aliphatic heterocycles. The molecule has 0 fully saturated rings. The minimum absolute atomic E-state index is 0.256.